The molecule has 0 saturated heterocycles. The Morgan fingerprint density at radius 3 is 2.10 bits per heavy atom. The summed E-state index contributed by atoms with van der Waals surface area (Å²) in [4.78, 5) is 11.9. The lowest BCUT2D eigenvalue weighted by atomic mass is 10.2. The van der Waals surface area contributed by atoms with Crippen LogP contribution in [0.3, 0.4) is 0 Å². The Kier molecular flexibility index (Phi) is 5.53. The molecule has 0 aliphatic rings. The van der Waals surface area contributed by atoms with E-state index in [0.29, 0.717) is 0 Å². The lowest BCUT2D eigenvalue weighted by Crippen LogP contribution is -2.07. The Bertz CT molecular complexity index is 569. The maximum absolute atomic E-state index is 10.3. The number of hydrogen-bond donors (Lipinski definition) is 1. The van der Waals surface area contributed by atoms with Crippen molar-refractivity contribution in [1.82, 2.24) is 0 Å². The molecule has 5 heteroatoms. The van der Waals surface area contributed by atoms with Crippen molar-refractivity contribution in [2.45, 2.75) is 6.92 Å². The largest absolute Gasteiger partial charge is 0.393 e. The van der Waals surface area contributed by atoms with E-state index in [1.165, 1.54) is 11.8 Å². The number of benzene rings is 2. The summed E-state index contributed by atoms with van der Waals surface area (Å²) in [6.07, 6.45) is 0. The summed E-state index contributed by atoms with van der Waals surface area (Å²) in [7, 11) is 4.07. The third-order valence-corrected chi connectivity index (χ3v) is 2.65. The first kappa shape index (κ1) is 15.5. The Morgan fingerprint density at radius 1 is 1.10 bits per heavy atom. The van der Waals surface area contributed by atoms with Gasteiger partial charge < -0.3 is 10.6 Å². The maximum atomic E-state index is 10.3. The molecule has 0 amide bonds. The van der Waals surface area contributed by atoms with Crippen molar-refractivity contribution in [2.75, 3.05) is 24.7 Å². The number of para-hydroxylation sites is 1. The van der Waals surface area contributed by atoms with Gasteiger partial charge in [0.1, 0.15) is 5.69 Å². The smallest absolute Gasteiger partial charge is 0.292 e. The Morgan fingerprint density at radius 2 is 1.70 bits per heavy atom. The summed E-state index contributed by atoms with van der Waals surface area (Å²) in [5.74, 6) is 0. The summed E-state index contributed by atoms with van der Waals surface area (Å²) in [5.41, 5.74) is 7.74. The van der Waals surface area contributed by atoms with Crippen LogP contribution < -0.4 is 10.6 Å². The number of rotatable bonds is 2. The van der Waals surface area contributed by atoms with E-state index in [-0.39, 0.29) is 11.4 Å². The van der Waals surface area contributed by atoms with E-state index >= 15 is 0 Å². The van der Waals surface area contributed by atoms with Gasteiger partial charge in [-0.15, -0.1) is 0 Å². The molecule has 0 saturated carbocycles. The number of nitrogens with two attached hydrogens (primary N) is 1. The highest BCUT2D eigenvalue weighted by molar-refractivity contribution is 5.58. The minimum absolute atomic E-state index is 0.0319. The molecule has 0 unspecified atom stereocenters. The molecular formula is C15H19N3O2. The van der Waals surface area contributed by atoms with E-state index in [1.807, 2.05) is 39.2 Å². The van der Waals surface area contributed by atoms with Crippen molar-refractivity contribution in [2.24, 2.45) is 0 Å². The van der Waals surface area contributed by atoms with Crippen LogP contribution in [0.25, 0.3) is 0 Å². The summed E-state index contributed by atoms with van der Waals surface area (Å²) < 4.78 is 0. The van der Waals surface area contributed by atoms with E-state index in [2.05, 4.69) is 17.0 Å². The Balaban J connectivity index is 0.000000204. The van der Waals surface area contributed by atoms with Crippen LogP contribution in [-0.4, -0.2) is 19.0 Å². The van der Waals surface area contributed by atoms with Crippen molar-refractivity contribution in [3.63, 3.8) is 0 Å². The average Bonchev–Trinajstić information content (AvgIpc) is 2.40. The molecule has 0 aliphatic heterocycles. The van der Waals surface area contributed by atoms with Crippen LogP contribution in [-0.2, 0) is 0 Å². The molecule has 2 aromatic carbocycles. The third-order valence-electron chi connectivity index (χ3n) is 2.65. The standard InChI is InChI=1S/C8H11N.C7H8N2O2/c1-9(2)8-6-4-3-5-7-8;1-5-2-3-7(9(10)11)6(8)4-5/h3-7H,1-2H3;2-4H,8H2,1H3. The van der Waals surface area contributed by atoms with Gasteiger partial charge in [-0.3, -0.25) is 10.1 Å². The highest BCUT2D eigenvalue weighted by Gasteiger charge is 2.08. The Hall–Kier alpha value is -2.56. The summed E-state index contributed by atoms with van der Waals surface area (Å²) in [6.45, 7) is 1.83. The summed E-state index contributed by atoms with van der Waals surface area (Å²) >= 11 is 0. The van der Waals surface area contributed by atoms with Gasteiger partial charge >= 0.3 is 0 Å². The quantitative estimate of drug-likeness (QED) is 0.518. The van der Waals surface area contributed by atoms with E-state index < -0.39 is 4.92 Å². The molecule has 0 spiro atoms. The third kappa shape index (κ3) is 4.61. The number of nitro benzene ring substituents is 1. The van der Waals surface area contributed by atoms with Crippen LogP contribution in [0.5, 0.6) is 0 Å². The summed E-state index contributed by atoms with van der Waals surface area (Å²) in [6, 6.07) is 14.9. The zero-order valence-electron chi connectivity index (χ0n) is 11.9. The molecule has 5 nitrogen and oxygen atoms in total. The number of nitrogens with zero attached hydrogens (tertiary/aromatic N) is 2. The normalized spacial score (nSPS) is 9.35. The molecular weight excluding hydrogens is 254 g/mol. The number of hydrogen-bond acceptors (Lipinski definition) is 4. The second-order valence-electron chi connectivity index (χ2n) is 4.55. The first-order chi connectivity index (χ1) is 9.41. The SMILES string of the molecule is CN(C)c1ccccc1.Cc1ccc([N+](=O)[O-])c(N)c1. The molecule has 0 aromatic heterocycles. The molecule has 2 rings (SSSR count). The monoisotopic (exact) mass is 273 g/mol. The Labute approximate surface area is 118 Å². The molecule has 0 bridgehead atoms. The van der Waals surface area contributed by atoms with Crippen LogP contribution in [0.2, 0.25) is 0 Å². The zero-order valence-corrected chi connectivity index (χ0v) is 11.9. The van der Waals surface area contributed by atoms with Crippen molar-refractivity contribution in [3.8, 4) is 0 Å². The van der Waals surface area contributed by atoms with E-state index in [0.717, 1.165) is 5.56 Å². The fourth-order valence-electron chi connectivity index (χ4n) is 1.57. The minimum atomic E-state index is -0.491. The molecule has 0 fully saturated rings. The molecule has 106 valence electrons. The highest BCUT2D eigenvalue weighted by atomic mass is 16.6. The van der Waals surface area contributed by atoms with Crippen molar-refractivity contribution < 1.29 is 4.92 Å². The lowest BCUT2D eigenvalue weighted by molar-refractivity contribution is -0.383. The maximum Gasteiger partial charge on any atom is 0.292 e. The van der Waals surface area contributed by atoms with Crippen LogP contribution in [0, 0.1) is 17.0 Å². The van der Waals surface area contributed by atoms with Gasteiger partial charge in [-0.1, -0.05) is 24.3 Å². The second kappa shape index (κ2) is 7.13. The van der Waals surface area contributed by atoms with Crippen LogP contribution in [0.1, 0.15) is 5.56 Å². The zero-order chi connectivity index (χ0) is 15.1. The van der Waals surface area contributed by atoms with Gasteiger partial charge in [-0.25, -0.2) is 0 Å². The minimum Gasteiger partial charge on any atom is -0.393 e. The average molecular weight is 273 g/mol. The molecule has 0 radical (unpaired) electrons. The van der Waals surface area contributed by atoms with Crippen LogP contribution >= 0.6 is 0 Å². The highest BCUT2D eigenvalue weighted by Crippen LogP contribution is 2.21. The van der Waals surface area contributed by atoms with E-state index in [1.54, 1.807) is 12.1 Å². The van der Waals surface area contributed by atoms with E-state index in [4.69, 9.17) is 5.73 Å². The number of aryl methyl sites for hydroxylation is 1. The fourth-order valence-corrected chi connectivity index (χ4v) is 1.57. The van der Waals surface area contributed by atoms with Crippen LogP contribution in [0.4, 0.5) is 17.1 Å². The topological polar surface area (TPSA) is 72.4 Å². The van der Waals surface area contributed by atoms with Gasteiger partial charge in [0.2, 0.25) is 0 Å². The first-order valence-corrected chi connectivity index (χ1v) is 6.14. The van der Waals surface area contributed by atoms with Gasteiger partial charge in [0.05, 0.1) is 4.92 Å². The van der Waals surface area contributed by atoms with Crippen LogP contribution in [0.15, 0.2) is 48.5 Å². The fraction of sp³-hybridized carbons (Fsp3) is 0.200. The van der Waals surface area contributed by atoms with E-state index in [9.17, 15) is 10.1 Å². The molecule has 0 atom stereocenters. The predicted octanol–water partition coefficient (Wildman–Crippen LogP) is 3.24. The van der Waals surface area contributed by atoms with Crippen molar-refractivity contribution in [1.29, 1.82) is 0 Å². The van der Waals surface area contributed by atoms with Gasteiger partial charge in [0.15, 0.2) is 0 Å². The number of anilines is 2. The molecule has 2 N–H and O–H groups in total. The van der Waals surface area contributed by atoms with Crippen molar-refractivity contribution in [3.05, 3.63) is 64.2 Å². The van der Waals surface area contributed by atoms with Crippen molar-refractivity contribution >= 4 is 17.1 Å². The number of nitrogen functional groups attached to an aromatic ring is 1. The number of nitro groups is 1. The van der Waals surface area contributed by atoms with Gasteiger partial charge in [-0.2, -0.15) is 0 Å². The first-order valence-electron chi connectivity index (χ1n) is 6.14. The predicted molar refractivity (Wildman–Crippen MR) is 83.0 cm³/mol. The molecule has 20 heavy (non-hydrogen) atoms. The molecule has 0 heterocycles. The van der Waals surface area contributed by atoms with Gasteiger partial charge in [0, 0.05) is 25.8 Å². The summed E-state index contributed by atoms with van der Waals surface area (Å²) in [5, 5.41) is 10.3. The van der Waals surface area contributed by atoms with Gasteiger partial charge in [-0.05, 0) is 30.7 Å². The molecule has 0 aliphatic carbocycles. The second-order valence-corrected chi connectivity index (χ2v) is 4.55. The lowest BCUT2D eigenvalue weighted by Gasteiger charge is -2.10. The molecule has 2 aromatic rings. The van der Waals surface area contributed by atoms with Gasteiger partial charge in [0.25, 0.3) is 5.69 Å².